The summed E-state index contributed by atoms with van der Waals surface area (Å²) in [6, 6.07) is 2.05. The van der Waals surface area contributed by atoms with Crippen molar-refractivity contribution in [1.82, 2.24) is 9.55 Å². The highest BCUT2D eigenvalue weighted by atomic mass is 19.4. The minimum Gasteiger partial charge on any atom is -0.333 e. The third-order valence-corrected chi connectivity index (χ3v) is 3.16. The minimum absolute atomic E-state index is 0.214. The van der Waals surface area contributed by atoms with Crippen LogP contribution in [0.4, 0.5) is 17.6 Å². The molecule has 21 heavy (non-hydrogen) atoms. The van der Waals surface area contributed by atoms with Crippen LogP contribution >= 0.6 is 0 Å². The second-order valence-corrected chi connectivity index (χ2v) is 4.66. The van der Waals surface area contributed by atoms with E-state index in [1.807, 2.05) is 6.92 Å². The van der Waals surface area contributed by atoms with Crippen molar-refractivity contribution in [2.45, 2.75) is 32.1 Å². The van der Waals surface area contributed by atoms with Crippen LogP contribution < -0.4 is 5.73 Å². The fourth-order valence-electron chi connectivity index (χ4n) is 2.18. The number of aryl methyl sites for hydroxylation is 1. The van der Waals surface area contributed by atoms with Gasteiger partial charge in [-0.3, -0.25) is 0 Å². The van der Waals surface area contributed by atoms with Crippen molar-refractivity contribution in [3.05, 3.63) is 53.4 Å². The number of alkyl halides is 3. The Balaban J connectivity index is 2.44. The first-order chi connectivity index (χ1) is 9.86. The molecule has 0 spiro atoms. The summed E-state index contributed by atoms with van der Waals surface area (Å²) in [6.45, 7) is 2.56. The molecule has 2 N–H and O–H groups in total. The number of imidazole rings is 1. The summed E-state index contributed by atoms with van der Waals surface area (Å²) in [5, 5.41) is 0. The van der Waals surface area contributed by atoms with Gasteiger partial charge in [-0.2, -0.15) is 13.2 Å². The van der Waals surface area contributed by atoms with Gasteiger partial charge in [0.05, 0.1) is 11.6 Å². The van der Waals surface area contributed by atoms with Gasteiger partial charge >= 0.3 is 6.18 Å². The number of nitrogens with zero attached hydrogens (tertiary/aromatic N) is 2. The maximum absolute atomic E-state index is 14.1. The van der Waals surface area contributed by atoms with Gasteiger partial charge in [-0.05, 0) is 12.5 Å². The molecule has 2 aromatic rings. The molecule has 0 fully saturated rings. The molecule has 3 nitrogen and oxygen atoms in total. The summed E-state index contributed by atoms with van der Waals surface area (Å²) in [6.07, 6.45) is -0.777. The molecule has 0 radical (unpaired) electrons. The highest BCUT2D eigenvalue weighted by Crippen LogP contribution is 2.34. The molecule has 1 unspecified atom stereocenters. The van der Waals surface area contributed by atoms with E-state index < -0.39 is 23.6 Å². The van der Waals surface area contributed by atoms with Gasteiger partial charge in [-0.15, -0.1) is 0 Å². The molecule has 0 aliphatic carbocycles. The second-order valence-electron chi connectivity index (χ2n) is 4.66. The first-order valence-corrected chi connectivity index (χ1v) is 6.48. The van der Waals surface area contributed by atoms with Crippen LogP contribution in [-0.4, -0.2) is 9.55 Å². The van der Waals surface area contributed by atoms with Crippen LogP contribution in [0, 0.1) is 5.82 Å². The Kier molecular flexibility index (Phi) is 4.32. The van der Waals surface area contributed by atoms with Crippen LogP contribution in [0.15, 0.2) is 30.6 Å². The van der Waals surface area contributed by atoms with E-state index in [4.69, 9.17) is 5.73 Å². The molecule has 0 saturated carbocycles. The summed E-state index contributed by atoms with van der Waals surface area (Å²) in [5.74, 6) is -1.00. The van der Waals surface area contributed by atoms with Crippen LogP contribution in [0.5, 0.6) is 0 Å². The Morgan fingerprint density at radius 3 is 2.67 bits per heavy atom. The number of nitrogens with two attached hydrogens (primary N) is 1. The number of halogens is 4. The maximum atomic E-state index is 14.1. The first kappa shape index (κ1) is 15.5. The van der Waals surface area contributed by atoms with Crippen LogP contribution in [0.3, 0.4) is 0 Å². The van der Waals surface area contributed by atoms with Crippen molar-refractivity contribution >= 4 is 0 Å². The lowest BCUT2D eigenvalue weighted by Crippen LogP contribution is -2.21. The standard InChI is InChI=1S/C14H15F4N3/c1-2-7-21-8-6-20-13(21)12(19)9-4-3-5-10(11(9)15)14(16,17)18/h3-6,8,12H,2,7,19H2,1H3. The molecule has 0 amide bonds. The van der Waals surface area contributed by atoms with Gasteiger partial charge in [-0.25, -0.2) is 9.37 Å². The SMILES string of the molecule is CCCn1ccnc1C(N)c1cccc(C(F)(F)F)c1F. The van der Waals surface area contributed by atoms with E-state index >= 15 is 0 Å². The molecule has 0 aliphatic rings. The molecule has 1 aromatic carbocycles. The van der Waals surface area contributed by atoms with Crippen molar-refractivity contribution in [2.24, 2.45) is 5.73 Å². The third-order valence-electron chi connectivity index (χ3n) is 3.16. The van der Waals surface area contributed by atoms with Crippen LogP contribution in [0.2, 0.25) is 0 Å². The van der Waals surface area contributed by atoms with Crippen LogP contribution in [-0.2, 0) is 12.7 Å². The molecule has 0 aliphatic heterocycles. The number of benzene rings is 1. The average Bonchev–Trinajstić information content (AvgIpc) is 2.85. The minimum atomic E-state index is -4.75. The summed E-state index contributed by atoms with van der Waals surface area (Å²) < 4.78 is 54.0. The molecule has 114 valence electrons. The zero-order valence-electron chi connectivity index (χ0n) is 11.4. The molecule has 7 heteroatoms. The Hall–Kier alpha value is -1.89. The topological polar surface area (TPSA) is 43.8 Å². The van der Waals surface area contributed by atoms with Gasteiger partial charge in [0, 0.05) is 24.5 Å². The zero-order valence-corrected chi connectivity index (χ0v) is 11.4. The van der Waals surface area contributed by atoms with Crippen molar-refractivity contribution in [2.75, 3.05) is 0 Å². The van der Waals surface area contributed by atoms with Gasteiger partial charge in [0.15, 0.2) is 0 Å². The molecular formula is C14H15F4N3. The average molecular weight is 301 g/mol. The van der Waals surface area contributed by atoms with Gasteiger partial charge in [-0.1, -0.05) is 19.1 Å². The molecule has 0 saturated heterocycles. The predicted octanol–water partition coefficient (Wildman–Crippen LogP) is 3.50. The van der Waals surface area contributed by atoms with Gasteiger partial charge in [0.1, 0.15) is 11.6 Å². The van der Waals surface area contributed by atoms with Crippen LogP contribution in [0.25, 0.3) is 0 Å². The van der Waals surface area contributed by atoms with E-state index in [1.54, 1.807) is 10.8 Å². The number of hydrogen-bond donors (Lipinski definition) is 1. The fourth-order valence-corrected chi connectivity index (χ4v) is 2.18. The highest BCUT2D eigenvalue weighted by molar-refractivity contribution is 5.33. The van der Waals surface area contributed by atoms with Crippen molar-refractivity contribution in [3.63, 3.8) is 0 Å². The Morgan fingerprint density at radius 1 is 1.33 bits per heavy atom. The van der Waals surface area contributed by atoms with E-state index in [0.29, 0.717) is 18.4 Å². The summed E-state index contributed by atoms with van der Waals surface area (Å²) in [4.78, 5) is 4.03. The zero-order chi connectivity index (χ0) is 15.6. The lowest BCUT2D eigenvalue weighted by Gasteiger charge is -2.17. The smallest absolute Gasteiger partial charge is 0.333 e. The van der Waals surface area contributed by atoms with E-state index in [-0.39, 0.29) is 5.56 Å². The molecule has 1 atom stereocenters. The van der Waals surface area contributed by atoms with Crippen molar-refractivity contribution < 1.29 is 17.6 Å². The first-order valence-electron chi connectivity index (χ1n) is 6.48. The maximum Gasteiger partial charge on any atom is 0.419 e. The predicted molar refractivity (Wildman–Crippen MR) is 70.0 cm³/mol. The number of hydrogen-bond acceptors (Lipinski definition) is 2. The lowest BCUT2D eigenvalue weighted by atomic mass is 10.0. The quantitative estimate of drug-likeness (QED) is 0.878. The van der Waals surface area contributed by atoms with E-state index in [2.05, 4.69) is 4.98 Å². The molecule has 0 bridgehead atoms. The Labute approximate surface area is 119 Å². The van der Waals surface area contributed by atoms with Crippen molar-refractivity contribution in [1.29, 1.82) is 0 Å². The molecular weight excluding hydrogens is 286 g/mol. The highest BCUT2D eigenvalue weighted by Gasteiger charge is 2.35. The monoisotopic (exact) mass is 301 g/mol. The summed E-state index contributed by atoms with van der Waals surface area (Å²) in [7, 11) is 0. The van der Waals surface area contributed by atoms with E-state index in [9.17, 15) is 17.6 Å². The van der Waals surface area contributed by atoms with E-state index in [0.717, 1.165) is 12.5 Å². The largest absolute Gasteiger partial charge is 0.419 e. The summed E-state index contributed by atoms with van der Waals surface area (Å²) in [5.41, 5.74) is 4.38. The van der Waals surface area contributed by atoms with E-state index in [1.165, 1.54) is 12.3 Å². The number of rotatable bonds is 4. The number of aromatic nitrogens is 2. The third kappa shape index (κ3) is 3.07. The summed E-state index contributed by atoms with van der Waals surface area (Å²) >= 11 is 0. The normalized spacial score (nSPS) is 13.4. The lowest BCUT2D eigenvalue weighted by molar-refractivity contribution is -0.140. The van der Waals surface area contributed by atoms with Crippen LogP contribution in [0.1, 0.15) is 36.3 Å². The molecule has 1 aromatic heterocycles. The molecule has 1 heterocycles. The van der Waals surface area contributed by atoms with Gasteiger partial charge < -0.3 is 10.3 Å². The fraction of sp³-hybridized carbons (Fsp3) is 0.357. The van der Waals surface area contributed by atoms with Gasteiger partial charge in [0.25, 0.3) is 0 Å². The Morgan fingerprint density at radius 2 is 2.05 bits per heavy atom. The van der Waals surface area contributed by atoms with Gasteiger partial charge in [0.2, 0.25) is 0 Å². The van der Waals surface area contributed by atoms with Crippen molar-refractivity contribution in [3.8, 4) is 0 Å². The Bertz CT molecular complexity index is 619. The molecule has 2 rings (SSSR count). The second kappa shape index (κ2) is 5.85.